The lowest BCUT2D eigenvalue weighted by atomic mass is 9.95. The van der Waals surface area contributed by atoms with Crippen LogP contribution in [-0.4, -0.2) is 6.26 Å². The fourth-order valence-corrected chi connectivity index (χ4v) is 3.00. The van der Waals surface area contributed by atoms with Crippen molar-refractivity contribution in [2.24, 2.45) is 0 Å². The first-order valence-electron chi connectivity index (χ1n) is 6.78. The molecule has 0 N–H and O–H groups in total. The summed E-state index contributed by atoms with van der Waals surface area (Å²) in [5.41, 5.74) is 3.42. The minimum absolute atomic E-state index is 0.0995. The molecule has 1 aliphatic carbocycles. The van der Waals surface area contributed by atoms with Gasteiger partial charge in [0.1, 0.15) is 0 Å². The smallest absolute Gasteiger partial charge is 0.186 e. The van der Waals surface area contributed by atoms with Crippen LogP contribution in [0.3, 0.4) is 0 Å². The fraction of sp³-hybridized carbons (Fsp3) is 0.353. The van der Waals surface area contributed by atoms with Crippen LogP contribution in [0.15, 0.2) is 51.7 Å². The van der Waals surface area contributed by atoms with Crippen molar-refractivity contribution < 1.29 is 0 Å². The highest BCUT2D eigenvalue weighted by atomic mass is 32.2. The average Bonchev–Trinajstić information content (AvgIpc) is 2.65. The second kappa shape index (κ2) is 8.00. The van der Waals surface area contributed by atoms with Crippen molar-refractivity contribution in [1.82, 2.24) is 0 Å². The Hall–Kier alpha value is -1.28. The van der Waals surface area contributed by atoms with E-state index in [0.29, 0.717) is 0 Å². The van der Waals surface area contributed by atoms with Crippen molar-refractivity contribution in [1.29, 1.82) is 0 Å². The highest BCUT2D eigenvalue weighted by Gasteiger charge is 2.15. The molecule has 19 heavy (non-hydrogen) atoms. The molecule has 0 atom stereocenters. The van der Waals surface area contributed by atoms with Gasteiger partial charge in [0.15, 0.2) is 5.43 Å². The minimum atomic E-state index is 0.0995. The van der Waals surface area contributed by atoms with E-state index >= 15 is 0 Å². The quantitative estimate of drug-likeness (QED) is 0.764. The molecule has 1 aromatic rings. The molecule has 0 fully saturated rings. The molecule has 0 bridgehead atoms. The Labute approximate surface area is 120 Å². The summed E-state index contributed by atoms with van der Waals surface area (Å²) in [5, 5.41) is 0. The van der Waals surface area contributed by atoms with Crippen LogP contribution in [-0.2, 0) is 0 Å². The summed E-state index contributed by atoms with van der Waals surface area (Å²) >= 11 is 1.73. The highest BCUT2D eigenvalue weighted by molar-refractivity contribution is 8.03. The Morgan fingerprint density at radius 2 is 1.79 bits per heavy atom. The Balaban J connectivity index is 0.000000861. The third-order valence-corrected chi connectivity index (χ3v) is 3.97. The van der Waals surface area contributed by atoms with Crippen molar-refractivity contribution >= 4 is 17.3 Å². The van der Waals surface area contributed by atoms with E-state index in [9.17, 15) is 4.79 Å². The van der Waals surface area contributed by atoms with Crippen LogP contribution in [0.1, 0.15) is 39.2 Å². The van der Waals surface area contributed by atoms with Crippen LogP contribution >= 0.6 is 11.8 Å². The summed E-state index contributed by atoms with van der Waals surface area (Å²) in [7, 11) is 0. The van der Waals surface area contributed by atoms with E-state index in [1.54, 1.807) is 23.9 Å². The second-order valence-electron chi connectivity index (χ2n) is 4.16. The first-order chi connectivity index (χ1) is 9.24. The van der Waals surface area contributed by atoms with Crippen LogP contribution in [0, 0.1) is 0 Å². The lowest BCUT2D eigenvalue weighted by Crippen LogP contribution is -2.06. The molecule has 0 aromatic heterocycles. The maximum atomic E-state index is 12.0. The van der Waals surface area contributed by atoms with Gasteiger partial charge >= 0.3 is 0 Å². The highest BCUT2D eigenvalue weighted by Crippen LogP contribution is 2.36. The molecular formula is C17H22OS. The summed E-state index contributed by atoms with van der Waals surface area (Å²) in [6.45, 7) is 6.16. The molecule has 1 nitrogen and oxygen atoms in total. The molecule has 0 saturated carbocycles. The van der Waals surface area contributed by atoms with E-state index in [4.69, 9.17) is 0 Å². The molecule has 0 aliphatic heterocycles. The van der Waals surface area contributed by atoms with Crippen LogP contribution in [0.25, 0.3) is 5.57 Å². The molecule has 0 unspecified atom stereocenters. The van der Waals surface area contributed by atoms with Gasteiger partial charge in [-0.3, -0.25) is 4.79 Å². The Bertz CT molecular complexity index is 541. The van der Waals surface area contributed by atoms with Gasteiger partial charge < -0.3 is 0 Å². The zero-order chi connectivity index (χ0) is 14.3. The number of allylic oxidation sites excluding steroid dienone is 3. The zero-order valence-corrected chi connectivity index (χ0v) is 13.0. The number of thioether (sulfide) groups is 1. The van der Waals surface area contributed by atoms with Gasteiger partial charge in [0.25, 0.3) is 0 Å². The molecule has 2 heteroatoms. The summed E-state index contributed by atoms with van der Waals surface area (Å²) < 4.78 is 0. The monoisotopic (exact) mass is 274 g/mol. The van der Waals surface area contributed by atoms with Gasteiger partial charge in [-0.2, -0.15) is 0 Å². The lowest BCUT2D eigenvalue weighted by Gasteiger charge is -2.17. The van der Waals surface area contributed by atoms with Crippen molar-refractivity contribution in [3.63, 3.8) is 0 Å². The SMILES string of the molecule is CC.CSC1=C(C)CCC=C1c1cccccc1=O. The predicted octanol–water partition coefficient (Wildman–Crippen LogP) is 4.89. The molecule has 0 radical (unpaired) electrons. The van der Waals surface area contributed by atoms with E-state index in [0.717, 1.165) is 24.0 Å². The van der Waals surface area contributed by atoms with Crippen molar-refractivity contribution in [3.05, 3.63) is 62.7 Å². The van der Waals surface area contributed by atoms with E-state index < -0.39 is 0 Å². The van der Waals surface area contributed by atoms with Crippen LogP contribution in [0.4, 0.5) is 0 Å². The van der Waals surface area contributed by atoms with Gasteiger partial charge in [0.05, 0.1) is 0 Å². The van der Waals surface area contributed by atoms with Gasteiger partial charge in [-0.15, -0.1) is 11.8 Å². The molecular weight excluding hydrogens is 252 g/mol. The number of hydrogen-bond acceptors (Lipinski definition) is 2. The van der Waals surface area contributed by atoms with Crippen molar-refractivity contribution in [2.45, 2.75) is 33.6 Å². The molecule has 2 rings (SSSR count). The van der Waals surface area contributed by atoms with E-state index in [-0.39, 0.29) is 5.43 Å². The Morgan fingerprint density at radius 3 is 2.47 bits per heavy atom. The van der Waals surface area contributed by atoms with Gasteiger partial charge in [0.2, 0.25) is 0 Å². The Morgan fingerprint density at radius 1 is 1.11 bits per heavy atom. The van der Waals surface area contributed by atoms with Crippen molar-refractivity contribution in [2.75, 3.05) is 6.26 Å². The van der Waals surface area contributed by atoms with E-state index in [2.05, 4.69) is 19.3 Å². The lowest BCUT2D eigenvalue weighted by molar-refractivity contribution is 0.961. The fourth-order valence-electron chi connectivity index (χ4n) is 2.14. The minimum Gasteiger partial charge on any atom is -0.289 e. The predicted molar refractivity (Wildman–Crippen MR) is 87.5 cm³/mol. The zero-order valence-electron chi connectivity index (χ0n) is 12.2. The van der Waals surface area contributed by atoms with Crippen LogP contribution < -0.4 is 5.43 Å². The largest absolute Gasteiger partial charge is 0.289 e. The first-order valence-corrected chi connectivity index (χ1v) is 8.00. The molecule has 1 aromatic carbocycles. The van der Waals surface area contributed by atoms with Gasteiger partial charge in [-0.05, 0) is 37.7 Å². The maximum Gasteiger partial charge on any atom is 0.186 e. The molecule has 0 saturated heterocycles. The standard InChI is InChI=1S/C15H16OS.C2H6/c1-11-7-6-9-13(15(11)17-2)12-8-4-3-5-10-14(12)16;1-2/h3-5,8-10H,6-7H2,1-2H3;1-2H3. The van der Waals surface area contributed by atoms with Crippen LogP contribution in [0.2, 0.25) is 0 Å². The van der Waals surface area contributed by atoms with Gasteiger partial charge in [0, 0.05) is 10.5 Å². The van der Waals surface area contributed by atoms with Crippen LogP contribution in [0.5, 0.6) is 0 Å². The molecule has 0 heterocycles. The second-order valence-corrected chi connectivity index (χ2v) is 4.98. The summed E-state index contributed by atoms with van der Waals surface area (Å²) in [6.07, 6.45) is 6.40. The third-order valence-electron chi connectivity index (χ3n) is 2.99. The third kappa shape index (κ3) is 3.84. The molecule has 102 valence electrons. The normalized spacial score (nSPS) is 14.4. The topological polar surface area (TPSA) is 17.1 Å². The summed E-state index contributed by atoms with van der Waals surface area (Å²) in [4.78, 5) is 13.3. The summed E-state index contributed by atoms with van der Waals surface area (Å²) in [6, 6.07) is 9.18. The number of hydrogen-bond donors (Lipinski definition) is 0. The van der Waals surface area contributed by atoms with Gasteiger partial charge in [-0.25, -0.2) is 0 Å². The molecule has 0 spiro atoms. The first kappa shape index (κ1) is 15.8. The van der Waals surface area contributed by atoms with Gasteiger partial charge in [-0.1, -0.05) is 49.8 Å². The maximum absolute atomic E-state index is 12.0. The Kier molecular flexibility index (Phi) is 6.65. The molecule has 1 aliphatic rings. The average molecular weight is 274 g/mol. The van der Waals surface area contributed by atoms with Crippen molar-refractivity contribution in [3.8, 4) is 0 Å². The molecule has 0 amide bonds. The number of rotatable bonds is 2. The van der Waals surface area contributed by atoms with E-state index in [1.165, 1.54) is 10.5 Å². The summed E-state index contributed by atoms with van der Waals surface area (Å²) in [5.74, 6) is 0. The van der Waals surface area contributed by atoms with E-state index in [1.807, 2.05) is 32.0 Å².